The number of likely N-dealkylation sites (N-methyl/N-ethyl adjacent to an activating group) is 1. The van der Waals surface area contributed by atoms with E-state index in [1.165, 1.54) is 12.1 Å². The minimum absolute atomic E-state index is 0.00285. The second kappa shape index (κ2) is 9.94. The molecular formula is C31H34N5O4P. The van der Waals surface area contributed by atoms with Crippen LogP contribution in [0.3, 0.4) is 0 Å². The first-order valence-corrected chi connectivity index (χ1v) is 15.4. The van der Waals surface area contributed by atoms with Crippen LogP contribution in [-0.4, -0.2) is 62.8 Å². The number of benzene rings is 3. The van der Waals surface area contributed by atoms with Gasteiger partial charge in [0, 0.05) is 79.7 Å². The third kappa shape index (κ3) is 4.14. The van der Waals surface area contributed by atoms with E-state index in [4.69, 9.17) is 9.48 Å². The van der Waals surface area contributed by atoms with Crippen molar-refractivity contribution in [1.82, 2.24) is 4.67 Å². The second-order valence-electron chi connectivity index (χ2n) is 11.4. The molecule has 3 heterocycles. The Bertz CT molecular complexity index is 1660. The van der Waals surface area contributed by atoms with E-state index in [2.05, 4.69) is 47.7 Å². The number of hydrogen-bond donors (Lipinski definition) is 0. The number of anilines is 2. The van der Waals surface area contributed by atoms with Crippen molar-refractivity contribution < 1.29 is 14.5 Å². The topological polar surface area (TPSA) is 91.5 Å². The summed E-state index contributed by atoms with van der Waals surface area (Å²) < 4.78 is 13.6. The molecule has 9 nitrogen and oxygen atoms in total. The minimum atomic E-state index is -2.91. The summed E-state index contributed by atoms with van der Waals surface area (Å²) in [6.45, 7) is 6.69. The van der Waals surface area contributed by atoms with Crippen LogP contribution in [-0.2, 0) is 10.2 Å². The molecule has 3 aliphatic rings. The summed E-state index contributed by atoms with van der Waals surface area (Å²) in [6.07, 6.45) is 0. The maximum Gasteiger partial charge on any atom is 0.269 e. The van der Waals surface area contributed by atoms with Crippen LogP contribution >= 0.6 is 7.21 Å². The lowest BCUT2D eigenvalue weighted by atomic mass is 9.83. The van der Waals surface area contributed by atoms with Gasteiger partial charge in [0.1, 0.15) is 7.21 Å². The summed E-state index contributed by atoms with van der Waals surface area (Å²) in [7, 11) is 3.07. The Morgan fingerprint density at radius 1 is 1.02 bits per heavy atom. The summed E-state index contributed by atoms with van der Waals surface area (Å²) in [6, 6.07) is 20.8. The predicted octanol–water partition coefficient (Wildman–Crippen LogP) is 5.90. The normalized spacial score (nSPS) is 23.3. The zero-order valence-corrected chi connectivity index (χ0v) is 24.9. The van der Waals surface area contributed by atoms with Gasteiger partial charge in [-0.25, -0.2) is 4.74 Å². The van der Waals surface area contributed by atoms with Gasteiger partial charge in [-0.1, -0.05) is 32.0 Å². The smallest absolute Gasteiger partial charge is 0.269 e. The molecule has 1 saturated heterocycles. The van der Waals surface area contributed by atoms with Gasteiger partial charge < -0.3 is 14.5 Å². The van der Waals surface area contributed by atoms with Crippen molar-refractivity contribution in [1.29, 1.82) is 0 Å². The van der Waals surface area contributed by atoms with Gasteiger partial charge in [0.05, 0.1) is 29.1 Å². The number of Topliss-reactive ketones (excluding diaryl/α,β-unsaturated/α-hetero) is 1. The van der Waals surface area contributed by atoms with Gasteiger partial charge in [-0.05, 0) is 42.0 Å². The first-order chi connectivity index (χ1) is 19.6. The monoisotopic (exact) mass is 571 g/mol. The molecule has 6 rings (SSSR count). The van der Waals surface area contributed by atoms with E-state index < -0.39 is 17.5 Å². The molecule has 10 heteroatoms. The van der Waals surface area contributed by atoms with Crippen LogP contribution in [0.4, 0.5) is 22.7 Å². The van der Waals surface area contributed by atoms with Crippen LogP contribution < -0.4 is 15.1 Å². The third-order valence-corrected chi connectivity index (χ3v) is 12.3. The van der Waals surface area contributed by atoms with E-state index in [1.54, 1.807) is 12.1 Å². The molecule has 1 unspecified atom stereocenters. The van der Waals surface area contributed by atoms with Crippen molar-refractivity contribution >= 4 is 41.0 Å². The van der Waals surface area contributed by atoms with Crippen LogP contribution in [0.15, 0.2) is 82.5 Å². The molecule has 0 aromatic heterocycles. The number of hydrogen-bond acceptors (Lipinski definition) is 7. The van der Waals surface area contributed by atoms with Gasteiger partial charge in [-0.2, -0.15) is 0 Å². The highest BCUT2D eigenvalue weighted by Gasteiger charge is 2.53. The maximum atomic E-state index is 14.9. The van der Waals surface area contributed by atoms with Gasteiger partial charge in [0.2, 0.25) is 0 Å². The van der Waals surface area contributed by atoms with Crippen molar-refractivity contribution in [3.8, 4) is 0 Å². The van der Waals surface area contributed by atoms with Crippen LogP contribution in [0.1, 0.15) is 29.8 Å². The lowest BCUT2D eigenvalue weighted by molar-refractivity contribution is -0.384. The Kier molecular flexibility index (Phi) is 6.64. The summed E-state index contributed by atoms with van der Waals surface area (Å²) in [5.74, 6) is -0.00285. The number of carbonyl (C=O) groups is 1. The van der Waals surface area contributed by atoms with E-state index in [0.717, 1.165) is 33.3 Å². The molecule has 1 fully saturated rings. The van der Waals surface area contributed by atoms with E-state index in [0.29, 0.717) is 37.6 Å². The summed E-state index contributed by atoms with van der Waals surface area (Å²) >= 11 is 0. The summed E-state index contributed by atoms with van der Waals surface area (Å²) in [4.78, 5) is 30.0. The molecule has 0 saturated carbocycles. The van der Waals surface area contributed by atoms with Crippen molar-refractivity contribution in [2.24, 2.45) is 4.74 Å². The molecule has 0 amide bonds. The molecule has 212 valence electrons. The molecule has 1 atom stereocenters. The summed E-state index contributed by atoms with van der Waals surface area (Å²) in [5, 5.41) is 13.1. The third-order valence-electron chi connectivity index (χ3n) is 8.41. The molecule has 0 spiro atoms. The van der Waals surface area contributed by atoms with E-state index in [-0.39, 0.29) is 11.5 Å². The average Bonchev–Trinajstić information content (AvgIpc) is 3.32. The number of nitrogens with zero attached hydrogens (tertiary/aromatic N) is 5. The maximum absolute atomic E-state index is 14.9. The fraction of sp³-hybridized carbons (Fsp3) is 0.323. The molecule has 0 N–H and O–H groups in total. The van der Waals surface area contributed by atoms with Crippen LogP contribution in [0.5, 0.6) is 0 Å². The highest BCUT2D eigenvalue weighted by atomic mass is 31.2. The lowest BCUT2D eigenvalue weighted by Gasteiger charge is -2.39. The van der Waals surface area contributed by atoms with Gasteiger partial charge in [-0.15, -0.1) is 0 Å². The number of morpholine rings is 1. The van der Waals surface area contributed by atoms with E-state index in [9.17, 15) is 14.9 Å². The number of rotatable bonds is 4. The molecule has 3 aromatic carbocycles. The quantitative estimate of drug-likeness (QED) is 0.167. The number of nitro groups is 1. The largest absolute Gasteiger partial charge is 0.379 e. The fourth-order valence-corrected chi connectivity index (χ4v) is 10.7. The SMILES string of the molecule is CN(C)c1ccc2c(c1)C(=O)/C(=C1\N(C)c3ccccc3C1(C)C)P2(=Nc1ccc([N+](=O)[O-])cc1)N1CCOCC1. The number of para-hydroxylation sites is 1. The van der Waals surface area contributed by atoms with E-state index >= 15 is 0 Å². The number of ether oxygens (including phenoxy) is 1. The van der Waals surface area contributed by atoms with Crippen molar-refractivity contribution in [2.45, 2.75) is 19.3 Å². The first kappa shape index (κ1) is 27.4. The second-order valence-corrected chi connectivity index (χ2v) is 14.3. The van der Waals surface area contributed by atoms with Crippen molar-refractivity contribution in [3.63, 3.8) is 0 Å². The molecule has 41 heavy (non-hydrogen) atoms. The Morgan fingerprint density at radius 2 is 1.71 bits per heavy atom. The Hall–Kier alpha value is -3.78. The Labute approximate surface area is 240 Å². The van der Waals surface area contributed by atoms with Gasteiger partial charge in [0.25, 0.3) is 5.69 Å². The lowest BCUT2D eigenvalue weighted by Crippen LogP contribution is -2.37. The van der Waals surface area contributed by atoms with Crippen LogP contribution in [0.25, 0.3) is 0 Å². The van der Waals surface area contributed by atoms with Gasteiger partial charge in [0.15, 0.2) is 5.78 Å². The average molecular weight is 572 g/mol. The number of carbonyl (C=O) groups excluding carboxylic acids is 1. The Morgan fingerprint density at radius 3 is 2.34 bits per heavy atom. The molecule has 0 bridgehead atoms. The highest BCUT2D eigenvalue weighted by Crippen LogP contribution is 2.69. The number of fused-ring (bicyclic) bond motifs is 2. The molecule has 3 aromatic rings. The number of ketones is 1. The summed E-state index contributed by atoms with van der Waals surface area (Å²) in [5.41, 5.74) is 4.98. The predicted molar refractivity (Wildman–Crippen MR) is 164 cm³/mol. The minimum Gasteiger partial charge on any atom is -0.379 e. The molecule has 0 aliphatic carbocycles. The highest BCUT2D eigenvalue weighted by molar-refractivity contribution is 7.78. The standard InChI is InChI=1S/C31H34N5O4P/c1-31(2)25-8-6-7-9-26(25)34(5)30(31)29-28(37)24-20-23(33(3)4)14-15-27(24)41(29,35-16-18-40-19-17-35)32-21-10-12-22(13-11-21)36(38)39/h6-15,20H,16-19H2,1-5H3/b30-29+. The molecule has 3 aliphatic heterocycles. The van der Waals surface area contributed by atoms with Crippen LogP contribution in [0, 0.1) is 10.1 Å². The fourth-order valence-electron chi connectivity index (χ4n) is 6.43. The van der Waals surface area contributed by atoms with Gasteiger partial charge in [-0.3, -0.25) is 19.6 Å². The Balaban J connectivity index is 1.74. The van der Waals surface area contributed by atoms with Crippen molar-refractivity contribution in [2.75, 3.05) is 57.2 Å². The number of nitro benzene ring substituents is 1. The zero-order chi connectivity index (χ0) is 29.1. The zero-order valence-electron chi connectivity index (χ0n) is 24.0. The molecule has 0 radical (unpaired) electrons. The number of allylic oxidation sites excluding steroid dienone is 2. The van der Waals surface area contributed by atoms with Crippen molar-refractivity contribution in [3.05, 3.63) is 99.0 Å². The first-order valence-electron chi connectivity index (χ1n) is 13.7. The van der Waals surface area contributed by atoms with Gasteiger partial charge >= 0.3 is 0 Å². The van der Waals surface area contributed by atoms with Crippen LogP contribution in [0.2, 0.25) is 0 Å². The number of non-ortho nitro benzene ring substituents is 1. The van der Waals surface area contributed by atoms with E-state index in [1.807, 2.05) is 44.2 Å². The molecular weight excluding hydrogens is 537 g/mol.